The van der Waals surface area contributed by atoms with Crippen LogP contribution in [0.25, 0.3) is 0 Å². The lowest BCUT2D eigenvalue weighted by Crippen LogP contribution is -2.53. The Balaban J connectivity index is 1.69. The van der Waals surface area contributed by atoms with Gasteiger partial charge in [0.25, 0.3) is 0 Å². The number of aliphatic hydroxyl groups excluding tert-OH is 2. The summed E-state index contributed by atoms with van der Waals surface area (Å²) in [5.74, 6) is -5.29. The molecule has 2 aromatic rings. The summed E-state index contributed by atoms with van der Waals surface area (Å²) in [5, 5.41) is 24.9. The number of hydrogen-bond acceptors (Lipinski definition) is 13. The molecule has 0 saturated carbocycles. The number of fused-ring (bicyclic) bond motifs is 1. The van der Waals surface area contributed by atoms with Crippen molar-refractivity contribution in [2.45, 2.75) is 43.4 Å². The molecule has 14 nitrogen and oxygen atoms in total. The normalized spacial score (nSPS) is 25.0. The van der Waals surface area contributed by atoms with Crippen LogP contribution in [-0.2, 0) is 19.4 Å². The van der Waals surface area contributed by atoms with Crippen LogP contribution < -0.4 is 33.7 Å². The fraction of sp³-hybridized carbons (Fsp3) is 0.469. The molecule has 2 aromatic carbocycles. The molecule has 48 heavy (non-hydrogen) atoms. The predicted molar refractivity (Wildman–Crippen MR) is 171 cm³/mol. The number of hydrogen-bond donors (Lipinski definition) is 3. The summed E-state index contributed by atoms with van der Waals surface area (Å²) < 4.78 is 57.7. The molecule has 0 bridgehead atoms. The van der Waals surface area contributed by atoms with Crippen LogP contribution in [0.2, 0.25) is 5.02 Å². The van der Waals surface area contributed by atoms with Gasteiger partial charge < -0.3 is 44.0 Å². The number of carbonyl (C=O) groups excluding carboxylic acids is 3. The van der Waals surface area contributed by atoms with E-state index in [9.17, 15) is 33.0 Å². The Labute approximate surface area is 281 Å². The van der Waals surface area contributed by atoms with Crippen molar-refractivity contribution >= 4 is 38.9 Å². The molecule has 1 fully saturated rings. The minimum atomic E-state index is -3.60. The first-order valence-corrected chi connectivity index (χ1v) is 17.0. The topological polar surface area (TPSA) is 193 Å². The van der Waals surface area contributed by atoms with Crippen molar-refractivity contribution in [1.82, 2.24) is 5.32 Å². The Kier molecular flexibility index (Phi) is 9.51. The molecule has 1 aliphatic carbocycles. The fourth-order valence-corrected chi connectivity index (χ4v) is 8.65. The second-order valence-corrected chi connectivity index (χ2v) is 14.3. The summed E-state index contributed by atoms with van der Waals surface area (Å²) in [7, 11) is 3.24. The van der Waals surface area contributed by atoms with Crippen molar-refractivity contribution in [3.63, 3.8) is 0 Å². The molecule has 5 rings (SSSR count). The zero-order chi connectivity index (χ0) is 35.3. The lowest BCUT2D eigenvalue weighted by atomic mass is 9.69. The smallest absolute Gasteiger partial charge is 0.231 e. The molecular formula is C32H36ClNO13S. The molecule has 2 heterocycles. The van der Waals surface area contributed by atoms with Crippen LogP contribution in [0.3, 0.4) is 0 Å². The first-order chi connectivity index (χ1) is 22.7. The Morgan fingerprint density at radius 1 is 1.00 bits per heavy atom. The maximum Gasteiger partial charge on any atom is 0.231 e. The summed E-state index contributed by atoms with van der Waals surface area (Å²) in [5.41, 5.74) is -2.26. The molecule has 16 heteroatoms. The number of aliphatic hydroxyl groups is 2. The van der Waals surface area contributed by atoms with E-state index in [-0.39, 0.29) is 62.6 Å². The van der Waals surface area contributed by atoms with Gasteiger partial charge in [-0.05, 0) is 17.7 Å². The van der Waals surface area contributed by atoms with Crippen LogP contribution in [0, 0.1) is 5.92 Å². The van der Waals surface area contributed by atoms with Crippen LogP contribution in [-0.4, -0.2) is 101 Å². The zero-order valence-electron chi connectivity index (χ0n) is 27.0. The third kappa shape index (κ3) is 5.66. The zero-order valence-corrected chi connectivity index (χ0v) is 28.6. The van der Waals surface area contributed by atoms with Crippen molar-refractivity contribution < 1.29 is 61.4 Å². The standard InChI is InChI=1S/C32H36ClNO13S/c1-14-7-18(35)25(30(38)32(14)31(39)26-20(42-2)11-21(43-3)27(33)29(26)47-32)16(10-24(37)34-17-12-48(40,41)13-19(17)36)15-8-22(44-4)28(46-6)23(9-15)45-5/h8-9,11,14,16-17,19,36,38H,7,10,12-13H2,1-6H3,(H,34,37). The average Bonchev–Trinajstić information content (AvgIpc) is 3.50. The third-order valence-electron chi connectivity index (χ3n) is 9.01. The summed E-state index contributed by atoms with van der Waals surface area (Å²) in [6, 6.07) is 3.28. The maximum absolute atomic E-state index is 14.3. The average molecular weight is 710 g/mol. The van der Waals surface area contributed by atoms with Gasteiger partial charge in [0.15, 0.2) is 38.6 Å². The Bertz CT molecular complexity index is 1800. The maximum atomic E-state index is 14.3. The highest BCUT2D eigenvalue weighted by atomic mass is 35.5. The van der Waals surface area contributed by atoms with E-state index < -0.39 is 80.6 Å². The number of carbonyl (C=O) groups is 3. The quantitative estimate of drug-likeness (QED) is 0.326. The van der Waals surface area contributed by atoms with E-state index in [2.05, 4.69) is 5.32 Å². The number of ether oxygens (including phenoxy) is 6. The second-order valence-electron chi connectivity index (χ2n) is 11.8. The van der Waals surface area contributed by atoms with Crippen molar-refractivity contribution in [2.75, 3.05) is 47.1 Å². The number of methoxy groups -OCH3 is 5. The number of ketones is 2. The third-order valence-corrected chi connectivity index (χ3v) is 11.1. The summed E-state index contributed by atoms with van der Waals surface area (Å²) in [4.78, 5) is 41.9. The molecule has 1 saturated heterocycles. The minimum Gasteiger partial charge on any atom is -0.507 e. The summed E-state index contributed by atoms with van der Waals surface area (Å²) in [6.45, 7) is 1.56. The van der Waals surface area contributed by atoms with Gasteiger partial charge in [-0.1, -0.05) is 18.5 Å². The Morgan fingerprint density at radius 2 is 1.60 bits per heavy atom. The van der Waals surface area contributed by atoms with Crippen molar-refractivity contribution in [3.8, 4) is 34.5 Å². The number of allylic oxidation sites excluding steroid dienone is 1. The van der Waals surface area contributed by atoms with Crippen LogP contribution in [0.5, 0.6) is 34.5 Å². The molecular weight excluding hydrogens is 674 g/mol. The predicted octanol–water partition coefficient (Wildman–Crippen LogP) is 2.57. The van der Waals surface area contributed by atoms with E-state index in [0.717, 1.165) is 0 Å². The molecule has 5 unspecified atom stereocenters. The van der Waals surface area contributed by atoms with Gasteiger partial charge in [-0.2, -0.15) is 0 Å². The number of nitrogens with one attached hydrogen (secondary N) is 1. The molecule has 0 radical (unpaired) electrons. The van der Waals surface area contributed by atoms with E-state index >= 15 is 0 Å². The highest BCUT2D eigenvalue weighted by Crippen LogP contribution is 2.56. The number of Topliss-reactive ketones (excluding diaryl/α,β-unsaturated/α-hetero) is 2. The number of halogens is 1. The van der Waals surface area contributed by atoms with Crippen molar-refractivity contribution in [2.24, 2.45) is 5.92 Å². The van der Waals surface area contributed by atoms with Crippen LogP contribution in [0.1, 0.15) is 41.6 Å². The lowest BCUT2D eigenvalue weighted by Gasteiger charge is -2.39. The van der Waals surface area contributed by atoms with E-state index in [1.807, 2.05) is 0 Å². The van der Waals surface area contributed by atoms with Gasteiger partial charge in [-0.25, -0.2) is 8.42 Å². The van der Waals surface area contributed by atoms with Crippen molar-refractivity contribution in [1.29, 1.82) is 0 Å². The monoisotopic (exact) mass is 709 g/mol. The lowest BCUT2D eigenvalue weighted by molar-refractivity contribution is -0.122. The van der Waals surface area contributed by atoms with Gasteiger partial charge in [-0.15, -0.1) is 0 Å². The molecule has 3 N–H and O–H groups in total. The van der Waals surface area contributed by atoms with Gasteiger partial charge in [0, 0.05) is 36.3 Å². The first-order valence-electron chi connectivity index (χ1n) is 14.8. The fourth-order valence-electron chi connectivity index (χ4n) is 6.65. The first kappa shape index (κ1) is 35.1. The molecule has 2 aliphatic heterocycles. The Morgan fingerprint density at radius 3 is 2.12 bits per heavy atom. The van der Waals surface area contributed by atoms with Crippen molar-refractivity contribution in [3.05, 3.63) is 45.7 Å². The molecule has 260 valence electrons. The Hall–Kier alpha value is -4.21. The number of benzene rings is 2. The van der Waals surface area contributed by atoms with E-state index in [1.165, 1.54) is 53.7 Å². The van der Waals surface area contributed by atoms with E-state index in [0.29, 0.717) is 0 Å². The van der Waals surface area contributed by atoms with Gasteiger partial charge in [0.1, 0.15) is 22.1 Å². The number of rotatable bonds is 10. The molecule has 1 amide bonds. The number of sulfone groups is 1. The summed E-state index contributed by atoms with van der Waals surface area (Å²) in [6.07, 6.45) is -2.15. The number of amides is 1. The summed E-state index contributed by atoms with van der Waals surface area (Å²) >= 11 is 6.57. The van der Waals surface area contributed by atoms with Gasteiger partial charge in [0.2, 0.25) is 23.0 Å². The van der Waals surface area contributed by atoms with Gasteiger partial charge in [0.05, 0.1) is 59.2 Å². The van der Waals surface area contributed by atoms with E-state index in [4.69, 9.17) is 40.0 Å². The molecule has 1 spiro atoms. The molecule has 5 atom stereocenters. The minimum absolute atomic E-state index is 0.0531. The second kappa shape index (κ2) is 13.0. The SMILES string of the molecule is COc1cc(OC)c2c(c1Cl)OC1(C2=O)C(O)=C(C(CC(=O)NC2CS(=O)(=O)CC2O)c2cc(OC)c(OC)c(OC)c2)C(=O)CC1C. The van der Waals surface area contributed by atoms with Crippen LogP contribution >= 0.6 is 11.6 Å². The molecule has 0 aromatic heterocycles. The van der Waals surface area contributed by atoms with Crippen LogP contribution in [0.4, 0.5) is 0 Å². The largest absolute Gasteiger partial charge is 0.507 e. The van der Waals surface area contributed by atoms with Gasteiger partial charge >= 0.3 is 0 Å². The van der Waals surface area contributed by atoms with E-state index in [1.54, 1.807) is 6.92 Å². The highest BCUT2D eigenvalue weighted by Gasteiger charge is 2.61. The molecule has 3 aliphatic rings. The van der Waals surface area contributed by atoms with Gasteiger partial charge in [-0.3, -0.25) is 14.4 Å². The van der Waals surface area contributed by atoms with Crippen LogP contribution in [0.15, 0.2) is 29.5 Å². The highest BCUT2D eigenvalue weighted by molar-refractivity contribution is 7.91.